The predicted molar refractivity (Wildman–Crippen MR) is 83.6 cm³/mol. The number of aliphatic hydroxyl groups is 1. The smallest absolute Gasteiger partial charge is 0.227 e. The van der Waals surface area contributed by atoms with E-state index in [2.05, 4.69) is 5.32 Å². The van der Waals surface area contributed by atoms with Crippen LogP contribution >= 0.6 is 11.3 Å². The van der Waals surface area contributed by atoms with E-state index < -0.39 is 0 Å². The summed E-state index contributed by atoms with van der Waals surface area (Å²) >= 11 is 1.56. The number of aliphatic hydroxyl groups excluding tert-OH is 1. The second-order valence-corrected chi connectivity index (χ2v) is 5.82. The van der Waals surface area contributed by atoms with Crippen molar-refractivity contribution in [3.63, 3.8) is 0 Å². The summed E-state index contributed by atoms with van der Waals surface area (Å²) in [7, 11) is 0. The molecular formula is C16H19NO3S. The van der Waals surface area contributed by atoms with Crippen molar-refractivity contribution >= 4 is 17.2 Å². The molecule has 4 nitrogen and oxygen atoms in total. The van der Waals surface area contributed by atoms with E-state index in [4.69, 9.17) is 0 Å². The van der Waals surface area contributed by atoms with Gasteiger partial charge in [0.2, 0.25) is 5.91 Å². The van der Waals surface area contributed by atoms with Crippen LogP contribution in [-0.4, -0.2) is 28.8 Å². The van der Waals surface area contributed by atoms with Crippen molar-refractivity contribution in [1.29, 1.82) is 0 Å². The highest BCUT2D eigenvalue weighted by atomic mass is 32.1. The maximum Gasteiger partial charge on any atom is 0.227 e. The van der Waals surface area contributed by atoms with E-state index >= 15 is 0 Å². The molecule has 0 spiro atoms. The lowest BCUT2D eigenvalue weighted by Gasteiger charge is -2.19. The number of benzene rings is 1. The molecular weight excluding hydrogens is 286 g/mol. The Morgan fingerprint density at radius 3 is 2.57 bits per heavy atom. The summed E-state index contributed by atoms with van der Waals surface area (Å²) in [5, 5.41) is 25.5. The number of carbonyl (C=O) groups is 1. The van der Waals surface area contributed by atoms with Crippen LogP contribution in [0.3, 0.4) is 0 Å². The lowest BCUT2D eigenvalue weighted by Crippen LogP contribution is -2.41. The third-order valence-electron chi connectivity index (χ3n) is 3.42. The molecule has 0 fully saturated rings. The monoisotopic (exact) mass is 305 g/mol. The van der Waals surface area contributed by atoms with Gasteiger partial charge in [0.05, 0.1) is 18.6 Å². The lowest BCUT2D eigenvalue weighted by molar-refractivity contribution is -0.123. The quantitative estimate of drug-likeness (QED) is 0.767. The van der Waals surface area contributed by atoms with E-state index in [1.807, 2.05) is 23.8 Å². The van der Waals surface area contributed by atoms with Crippen LogP contribution in [0.2, 0.25) is 0 Å². The van der Waals surface area contributed by atoms with Gasteiger partial charge in [0.15, 0.2) is 0 Å². The van der Waals surface area contributed by atoms with Crippen molar-refractivity contribution in [3.8, 4) is 5.75 Å². The summed E-state index contributed by atoms with van der Waals surface area (Å²) in [6, 6.07) is 8.36. The molecule has 3 N–H and O–H groups in total. The minimum atomic E-state index is -0.330. The molecule has 21 heavy (non-hydrogen) atoms. The Labute approximate surface area is 128 Å². The van der Waals surface area contributed by atoms with E-state index in [-0.39, 0.29) is 30.2 Å². The van der Waals surface area contributed by atoms with Crippen LogP contribution in [0.5, 0.6) is 5.75 Å². The van der Waals surface area contributed by atoms with E-state index in [0.29, 0.717) is 6.42 Å². The Hall–Kier alpha value is -1.85. The van der Waals surface area contributed by atoms with Gasteiger partial charge in [0.25, 0.3) is 0 Å². The van der Waals surface area contributed by atoms with Crippen LogP contribution in [0, 0.1) is 0 Å². The van der Waals surface area contributed by atoms with Gasteiger partial charge in [-0.3, -0.25) is 4.79 Å². The van der Waals surface area contributed by atoms with Gasteiger partial charge in [-0.2, -0.15) is 11.3 Å². The average molecular weight is 305 g/mol. The molecule has 0 aliphatic carbocycles. The van der Waals surface area contributed by atoms with Gasteiger partial charge < -0.3 is 15.5 Å². The van der Waals surface area contributed by atoms with Crippen LogP contribution in [-0.2, 0) is 11.2 Å². The van der Waals surface area contributed by atoms with Crippen LogP contribution in [0.25, 0.3) is 0 Å². The Morgan fingerprint density at radius 2 is 2.00 bits per heavy atom. The zero-order valence-electron chi connectivity index (χ0n) is 11.8. The molecule has 1 heterocycles. The number of amides is 1. The Morgan fingerprint density at radius 1 is 1.29 bits per heavy atom. The molecule has 1 unspecified atom stereocenters. The van der Waals surface area contributed by atoms with E-state index in [9.17, 15) is 15.0 Å². The molecule has 0 aliphatic heterocycles. The molecule has 0 bridgehead atoms. The minimum Gasteiger partial charge on any atom is -0.508 e. The third kappa shape index (κ3) is 4.31. The number of nitrogens with one attached hydrogen (secondary N) is 1. The van der Waals surface area contributed by atoms with Gasteiger partial charge in [-0.25, -0.2) is 0 Å². The highest BCUT2D eigenvalue weighted by Gasteiger charge is 2.19. The highest BCUT2D eigenvalue weighted by Crippen LogP contribution is 2.18. The molecule has 1 aromatic carbocycles. The number of phenols is 1. The van der Waals surface area contributed by atoms with E-state index in [1.54, 1.807) is 35.6 Å². The fourth-order valence-electron chi connectivity index (χ4n) is 2.08. The van der Waals surface area contributed by atoms with Crippen molar-refractivity contribution in [3.05, 3.63) is 52.2 Å². The first-order valence-corrected chi connectivity index (χ1v) is 7.75. The number of carbonyl (C=O) groups excluding carboxylic acids is 1. The molecule has 2 atom stereocenters. The van der Waals surface area contributed by atoms with Gasteiger partial charge in [-0.1, -0.05) is 12.1 Å². The van der Waals surface area contributed by atoms with Gasteiger partial charge in [0, 0.05) is 0 Å². The SMILES string of the molecule is CC(C(=O)N[C@H](CO)Cc1ccc(O)cc1)c1ccsc1. The minimum absolute atomic E-state index is 0.0915. The van der Waals surface area contributed by atoms with Crippen LogP contribution < -0.4 is 5.32 Å². The predicted octanol–water partition coefficient (Wildman–Crippen LogP) is 2.28. The maximum atomic E-state index is 12.2. The number of hydrogen-bond acceptors (Lipinski definition) is 4. The second kappa shape index (κ2) is 7.24. The summed E-state index contributed by atoms with van der Waals surface area (Å²) < 4.78 is 0. The van der Waals surface area contributed by atoms with Crippen LogP contribution in [0.4, 0.5) is 0 Å². The van der Waals surface area contributed by atoms with Crippen LogP contribution in [0.1, 0.15) is 24.0 Å². The van der Waals surface area contributed by atoms with E-state index in [1.165, 1.54) is 0 Å². The number of hydrogen-bond donors (Lipinski definition) is 3. The number of aromatic hydroxyl groups is 1. The summed E-state index contributed by atoms with van der Waals surface area (Å²) in [5.41, 5.74) is 1.94. The normalized spacial score (nSPS) is 13.6. The molecule has 1 amide bonds. The fraction of sp³-hybridized carbons (Fsp3) is 0.312. The molecule has 2 rings (SSSR count). The van der Waals surface area contributed by atoms with Crippen LogP contribution in [0.15, 0.2) is 41.1 Å². The third-order valence-corrected chi connectivity index (χ3v) is 4.12. The Kier molecular flexibility index (Phi) is 5.36. The summed E-state index contributed by atoms with van der Waals surface area (Å²) in [6.07, 6.45) is 0.527. The Bertz CT molecular complexity index is 566. The molecule has 112 valence electrons. The first-order chi connectivity index (χ1) is 10.1. The summed E-state index contributed by atoms with van der Waals surface area (Å²) in [4.78, 5) is 12.2. The molecule has 0 saturated carbocycles. The average Bonchev–Trinajstić information content (AvgIpc) is 3.02. The first kappa shape index (κ1) is 15.5. The lowest BCUT2D eigenvalue weighted by atomic mass is 10.0. The Balaban J connectivity index is 1.95. The zero-order valence-corrected chi connectivity index (χ0v) is 12.6. The van der Waals surface area contributed by atoms with Gasteiger partial charge in [-0.15, -0.1) is 0 Å². The van der Waals surface area contributed by atoms with Gasteiger partial charge in [-0.05, 0) is 53.4 Å². The van der Waals surface area contributed by atoms with Gasteiger partial charge >= 0.3 is 0 Å². The first-order valence-electron chi connectivity index (χ1n) is 6.81. The largest absolute Gasteiger partial charge is 0.508 e. The van der Waals surface area contributed by atoms with Gasteiger partial charge in [0.1, 0.15) is 5.75 Å². The van der Waals surface area contributed by atoms with Crippen molar-refractivity contribution in [2.75, 3.05) is 6.61 Å². The summed E-state index contributed by atoms with van der Waals surface area (Å²) in [6.45, 7) is 1.73. The van der Waals surface area contributed by atoms with Crippen molar-refractivity contribution < 1.29 is 15.0 Å². The number of thiophene rings is 1. The molecule has 0 radical (unpaired) electrons. The second-order valence-electron chi connectivity index (χ2n) is 5.04. The number of phenolic OH excluding ortho intramolecular Hbond substituents is 1. The number of rotatable bonds is 6. The molecule has 2 aromatic rings. The van der Waals surface area contributed by atoms with Crippen molar-refractivity contribution in [2.45, 2.75) is 25.3 Å². The molecule has 5 heteroatoms. The standard InChI is InChI=1S/C16H19NO3S/c1-11(13-6-7-21-10-13)16(20)17-14(9-18)8-12-2-4-15(19)5-3-12/h2-7,10-11,14,18-19H,8-9H2,1H3,(H,17,20)/t11?,14-/m0/s1. The zero-order chi connectivity index (χ0) is 15.2. The maximum absolute atomic E-state index is 12.2. The topological polar surface area (TPSA) is 69.6 Å². The summed E-state index contributed by atoms with van der Waals surface area (Å²) in [5.74, 6) is -0.120. The fourth-order valence-corrected chi connectivity index (χ4v) is 2.83. The van der Waals surface area contributed by atoms with Crippen molar-refractivity contribution in [2.24, 2.45) is 0 Å². The molecule has 1 aromatic heterocycles. The molecule has 0 saturated heterocycles. The highest BCUT2D eigenvalue weighted by molar-refractivity contribution is 7.08. The molecule has 0 aliphatic rings. The van der Waals surface area contributed by atoms with Crippen molar-refractivity contribution in [1.82, 2.24) is 5.32 Å². The van der Waals surface area contributed by atoms with E-state index in [0.717, 1.165) is 11.1 Å².